The van der Waals surface area contributed by atoms with Crippen LogP contribution in [0.25, 0.3) is 0 Å². The number of esters is 1. The maximum Gasteiger partial charge on any atom is 0.308 e. The fraction of sp³-hybridized carbons (Fsp3) is 0.429. The molecule has 0 aliphatic heterocycles. The standard InChI is InChI=1S/C14H14FNO2/c1-18-13(17)11-8-14(15,9-11)12-4-2-3-10(7-12)5-6-16/h2-4,7,11H,5,8-9H2,1H3. The third kappa shape index (κ3) is 2.21. The number of carbonyl (C=O) groups excluding carboxylic acids is 1. The van der Waals surface area contributed by atoms with Gasteiger partial charge in [-0.25, -0.2) is 4.39 Å². The van der Waals surface area contributed by atoms with Crippen molar-refractivity contribution in [2.75, 3.05) is 7.11 Å². The molecule has 0 radical (unpaired) electrons. The van der Waals surface area contributed by atoms with E-state index in [9.17, 15) is 9.18 Å². The second kappa shape index (κ2) is 4.77. The van der Waals surface area contributed by atoms with Gasteiger partial charge in [0, 0.05) is 0 Å². The summed E-state index contributed by atoms with van der Waals surface area (Å²) in [5.74, 6) is -0.698. The summed E-state index contributed by atoms with van der Waals surface area (Å²) in [5, 5.41) is 8.63. The molecule has 1 fully saturated rings. The van der Waals surface area contributed by atoms with Gasteiger partial charge in [0.1, 0.15) is 5.67 Å². The van der Waals surface area contributed by atoms with Gasteiger partial charge in [-0.1, -0.05) is 24.3 Å². The molecule has 0 N–H and O–H groups in total. The van der Waals surface area contributed by atoms with Crippen LogP contribution in [0.15, 0.2) is 24.3 Å². The van der Waals surface area contributed by atoms with Gasteiger partial charge in [-0.3, -0.25) is 4.79 Å². The Balaban J connectivity index is 2.11. The van der Waals surface area contributed by atoms with E-state index in [2.05, 4.69) is 4.74 Å². The highest BCUT2D eigenvalue weighted by atomic mass is 19.1. The number of benzene rings is 1. The fourth-order valence-electron chi connectivity index (χ4n) is 2.34. The summed E-state index contributed by atoms with van der Waals surface area (Å²) in [6.45, 7) is 0. The van der Waals surface area contributed by atoms with Crippen LogP contribution in [-0.2, 0) is 21.6 Å². The molecule has 3 nitrogen and oxygen atoms in total. The van der Waals surface area contributed by atoms with E-state index in [-0.39, 0.29) is 31.1 Å². The number of carbonyl (C=O) groups is 1. The van der Waals surface area contributed by atoms with Crippen molar-refractivity contribution in [1.82, 2.24) is 0 Å². The lowest BCUT2D eigenvalue weighted by Crippen LogP contribution is -2.41. The van der Waals surface area contributed by atoms with Crippen molar-refractivity contribution in [2.45, 2.75) is 24.9 Å². The van der Waals surface area contributed by atoms with Crippen molar-refractivity contribution in [3.05, 3.63) is 35.4 Å². The van der Waals surface area contributed by atoms with Gasteiger partial charge in [0.05, 0.1) is 25.5 Å². The highest BCUT2D eigenvalue weighted by Gasteiger charge is 2.49. The van der Waals surface area contributed by atoms with Gasteiger partial charge in [-0.05, 0) is 24.0 Å². The molecular weight excluding hydrogens is 233 g/mol. The summed E-state index contributed by atoms with van der Waals surface area (Å²) >= 11 is 0. The molecule has 0 spiro atoms. The molecule has 0 unspecified atom stereocenters. The Morgan fingerprint density at radius 1 is 1.61 bits per heavy atom. The molecule has 1 aromatic carbocycles. The van der Waals surface area contributed by atoms with Crippen LogP contribution in [0.1, 0.15) is 24.0 Å². The molecule has 94 valence electrons. The SMILES string of the molecule is COC(=O)C1CC(F)(c2cccc(CC#N)c2)C1. The van der Waals surface area contributed by atoms with Gasteiger partial charge in [0.15, 0.2) is 0 Å². The average molecular weight is 247 g/mol. The Hall–Kier alpha value is -1.89. The van der Waals surface area contributed by atoms with Crippen LogP contribution in [0, 0.1) is 17.2 Å². The largest absolute Gasteiger partial charge is 0.469 e. The van der Waals surface area contributed by atoms with Crippen molar-refractivity contribution in [3.8, 4) is 6.07 Å². The first-order valence-corrected chi connectivity index (χ1v) is 5.82. The van der Waals surface area contributed by atoms with E-state index in [1.165, 1.54) is 7.11 Å². The van der Waals surface area contributed by atoms with E-state index in [0.717, 1.165) is 5.56 Å². The summed E-state index contributed by atoms with van der Waals surface area (Å²) in [6, 6.07) is 8.99. The number of nitrogens with zero attached hydrogens (tertiary/aromatic N) is 1. The molecule has 0 bridgehead atoms. The average Bonchev–Trinajstić information content (AvgIpc) is 2.35. The molecule has 2 rings (SSSR count). The molecule has 0 heterocycles. The van der Waals surface area contributed by atoms with Crippen LogP contribution < -0.4 is 0 Å². The van der Waals surface area contributed by atoms with Gasteiger partial charge in [0.2, 0.25) is 0 Å². The van der Waals surface area contributed by atoms with Crippen LogP contribution >= 0.6 is 0 Å². The first-order chi connectivity index (χ1) is 8.59. The summed E-state index contributed by atoms with van der Waals surface area (Å²) in [5.41, 5.74) is -0.103. The molecular formula is C14H14FNO2. The van der Waals surface area contributed by atoms with Gasteiger partial charge in [-0.2, -0.15) is 5.26 Å². The first-order valence-electron chi connectivity index (χ1n) is 5.82. The maximum absolute atomic E-state index is 14.5. The number of hydrogen-bond donors (Lipinski definition) is 0. The zero-order valence-electron chi connectivity index (χ0n) is 10.1. The zero-order chi connectivity index (χ0) is 13.2. The van der Waals surface area contributed by atoms with Crippen molar-refractivity contribution >= 4 is 5.97 Å². The van der Waals surface area contributed by atoms with Crippen LogP contribution in [0.3, 0.4) is 0 Å². The molecule has 0 amide bonds. The Morgan fingerprint density at radius 2 is 2.33 bits per heavy atom. The number of ether oxygens (including phenoxy) is 1. The van der Waals surface area contributed by atoms with Gasteiger partial charge >= 0.3 is 5.97 Å². The van der Waals surface area contributed by atoms with Crippen LogP contribution in [0.2, 0.25) is 0 Å². The van der Waals surface area contributed by atoms with E-state index in [4.69, 9.17) is 5.26 Å². The smallest absolute Gasteiger partial charge is 0.308 e. The topological polar surface area (TPSA) is 50.1 Å². The third-order valence-corrected chi connectivity index (χ3v) is 3.40. The van der Waals surface area contributed by atoms with Crippen molar-refractivity contribution in [2.24, 2.45) is 5.92 Å². The van der Waals surface area contributed by atoms with E-state index in [0.29, 0.717) is 5.56 Å². The number of rotatable bonds is 3. The number of methoxy groups -OCH3 is 1. The lowest BCUT2D eigenvalue weighted by molar-refractivity contribution is -0.155. The molecule has 1 aliphatic carbocycles. The minimum absolute atomic E-state index is 0.162. The van der Waals surface area contributed by atoms with Gasteiger partial charge in [0.25, 0.3) is 0 Å². The Bertz CT molecular complexity index is 501. The normalized spacial score (nSPS) is 25.9. The molecule has 1 aliphatic rings. The summed E-state index contributed by atoms with van der Waals surface area (Å²) in [7, 11) is 1.31. The van der Waals surface area contributed by atoms with Crippen LogP contribution in [0.5, 0.6) is 0 Å². The van der Waals surface area contributed by atoms with Crippen molar-refractivity contribution in [1.29, 1.82) is 5.26 Å². The Kier molecular flexibility index (Phi) is 3.33. The predicted octanol–water partition coefficient (Wildman–Crippen LogP) is 2.50. The Labute approximate surface area is 105 Å². The van der Waals surface area contributed by atoms with Gasteiger partial charge < -0.3 is 4.74 Å². The predicted molar refractivity (Wildman–Crippen MR) is 63.3 cm³/mol. The van der Waals surface area contributed by atoms with Crippen LogP contribution in [0.4, 0.5) is 4.39 Å². The molecule has 0 aromatic heterocycles. The Morgan fingerprint density at radius 3 is 2.94 bits per heavy atom. The fourth-order valence-corrected chi connectivity index (χ4v) is 2.34. The second-order valence-corrected chi connectivity index (χ2v) is 4.63. The monoisotopic (exact) mass is 247 g/mol. The van der Waals surface area contributed by atoms with E-state index >= 15 is 0 Å². The maximum atomic E-state index is 14.5. The van der Waals surface area contributed by atoms with E-state index in [1.807, 2.05) is 6.07 Å². The second-order valence-electron chi connectivity index (χ2n) is 4.63. The number of halogens is 1. The lowest BCUT2D eigenvalue weighted by Gasteiger charge is -2.40. The summed E-state index contributed by atoms with van der Waals surface area (Å²) < 4.78 is 19.1. The summed E-state index contributed by atoms with van der Waals surface area (Å²) in [6.07, 6.45) is 0.593. The van der Waals surface area contributed by atoms with E-state index < -0.39 is 5.67 Å². The highest BCUT2D eigenvalue weighted by Crippen LogP contribution is 2.49. The molecule has 1 saturated carbocycles. The first kappa shape index (κ1) is 12.6. The van der Waals surface area contributed by atoms with Crippen molar-refractivity contribution < 1.29 is 13.9 Å². The third-order valence-electron chi connectivity index (χ3n) is 3.40. The molecule has 4 heteroatoms. The molecule has 0 saturated heterocycles. The number of alkyl halides is 1. The molecule has 0 atom stereocenters. The van der Waals surface area contributed by atoms with Crippen molar-refractivity contribution in [3.63, 3.8) is 0 Å². The number of hydrogen-bond acceptors (Lipinski definition) is 3. The quantitative estimate of drug-likeness (QED) is 0.771. The van der Waals surface area contributed by atoms with Gasteiger partial charge in [-0.15, -0.1) is 0 Å². The summed E-state index contributed by atoms with van der Waals surface area (Å²) in [4.78, 5) is 11.3. The van der Waals surface area contributed by atoms with Crippen LogP contribution in [-0.4, -0.2) is 13.1 Å². The number of nitriles is 1. The molecule has 18 heavy (non-hydrogen) atoms. The minimum atomic E-state index is -1.45. The molecule has 1 aromatic rings. The zero-order valence-corrected chi connectivity index (χ0v) is 10.1. The highest BCUT2D eigenvalue weighted by molar-refractivity contribution is 5.74. The van der Waals surface area contributed by atoms with E-state index in [1.54, 1.807) is 24.3 Å². The minimum Gasteiger partial charge on any atom is -0.469 e. The lowest BCUT2D eigenvalue weighted by atomic mass is 9.68.